The van der Waals surface area contributed by atoms with Gasteiger partial charge in [-0.2, -0.15) is 0 Å². The minimum Gasteiger partial charge on any atom is -0.324 e. The van der Waals surface area contributed by atoms with Crippen LogP contribution in [-0.2, 0) is 11.3 Å². The van der Waals surface area contributed by atoms with Gasteiger partial charge >= 0.3 is 0 Å². The summed E-state index contributed by atoms with van der Waals surface area (Å²) in [5.41, 5.74) is 3.64. The third kappa shape index (κ3) is 5.26. The molecule has 0 unspecified atom stereocenters. The fourth-order valence-corrected chi connectivity index (χ4v) is 3.61. The highest BCUT2D eigenvalue weighted by Gasteiger charge is 2.19. The first-order valence-corrected chi connectivity index (χ1v) is 9.73. The maximum atomic E-state index is 12.3. The van der Waals surface area contributed by atoms with E-state index in [0.29, 0.717) is 6.54 Å². The Morgan fingerprint density at radius 3 is 2.36 bits per heavy atom. The van der Waals surface area contributed by atoms with Crippen LogP contribution in [0, 0.1) is 10.5 Å². The number of amides is 1. The Hall–Kier alpha value is -1.44. The summed E-state index contributed by atoms with van der Waals surface area (Å²) < 4.78 is 1.07. The normalized spacial score (nSPS) is 15.9. The molecule has 1 N–H and O–H groups in total. The number of aryl methyl sites for hydroxylation is 1. The molecule has 1 fully saturated rings. The predicted octanol–water partition coefficient (Wildman–Crippen LogP) is 3.36. The van der Waals surface area contributed by atoms with E-state index in [1.54, 1.807) is 0 Å². The van der Waals surface area contributed by atoms with Crippen LogP contribution in [0.1, 0.15) is 11.1 Å². The zero-order valence-corrected chi connectivity index (χ0v) is 16.7. The van der Waals surface area contributed by atoms with E-state index in [4.69, 9.17) is 0 Å². The summed E-state index contributed by atoms with van der Waals surface area (Å²) in [5.74, 6) is 0.0662. The smallest absolute Gasteiger partial charge is 0.238 e. The molecule has 4 nitrogen and oxygen atoms in total. The van der Waals surface area contributed by atoms with Gasteiger partial charge in [0, 0.05) is 36.3 Å². The largest absolute Gasteiger partial charge is 0.324 e. The van der Waals surface area contributed by atoms with Crippen molar-refractivity contribution in [3.63, 3.8) is 0 Å². The summed E-state index contributed by atoms with van der Waals surface area (Å²) in [6, 6.07) is 16.4. The Morgan fingerprint density at radius 1 is 1.00 bits per heavy atom. The first kappa shape index (κ1) is 18.4. The fourth-order valence-electron chi connectivity index (χ4n) is 3.09. The third-order valence-electron chi connectivity index (χ3n) is 4.64. The molecule has 5 heteroatoms. The van der Waals surface area contributed by atoms with E-state index < -0.39 is 0 Å². The molecule has 0 spiro atoms. The number of benzene rings is 2. The molecular formula is C20H24IN3O. The van der Waals surface area contributed by atoms with Crippen LogP contribution in [0.4, 0.5) is 5.69 Å². The van der Waals surface area contributed by atoms with Crippen molar-refractivity contribution in [2.75, 3.05) is 38.0 Å². The summed E-state index contributed by atoms with van der Waals surface area (Å²) in [6.07, 6.45) is 0. The number of halogens is 1. The topological polar surface area (TPSA) is 35.6 Å². The predicted molar refractivity (Wildman–Crippen MR) is 111 cm³/mol. The lowest BCUT2D eigenvalue weighted by atomic mass is 10.1. The summed E-state index contributed by atoms with van der Waals surface area (Å²) in [5, 5.41) is 3.01. The van der Waals surface area contributed by atoms with Gasteiger partial charge in [0.25, 0.3) is 0 Å². The minimum absolute atomic E-state index is 0.0662. The van der Waals surface area contributed by atoms with E-state index in [-0.39, 0.29) is 5.91 Å². The summed E-state index contributed by atoms with van der Waals surface area (Å²) in [7, 11) is 0. The van der Waals surface area contributed by atoms with Crippen LogP contribution in [0.15, 0.2) is 48.5 Å². The van der Waals surface area contributed by atoms with E-state index in [2.05, 4.69) is 68.9 Å². The van der Waals surface area contributed by atoms with E-state index in [1.165, 1.54) is 11.1 Å². The number of hydrogen-bond donors (Lipinski definition) is 1. The van der Waals surface area contributed by atoms with Crippen molar-refractivity contribution in [3.05, 3.63) is 63.2 Å². The number of anilines is 1. The molecule has 1 amide bonds. The van der Waals surface area contributed by atoms with Gasteiger partial charge in [0.05, 0.1) is 12.2 Å². The number of hydrogen-bond acceptors (Lipinski definition) is 3. The Morgan fingerprint density at radius 2 is 1.64 bits per heavy atom. The quantitative estimate of drug-likeness (QED) is 0.712. The zero-order chi connectivity index (χ0) is 17.6. The molecule has 1 heterocycles. The van der Waals surface area contributed by atoms with E-state index in [0.717, 1.165) is 42.0 Å². The second-order valence-corrected chi connectivity index (χ2v) is 7.67. The first-order valence-electron chi connectivity index (χ1n) is 8.65. The number of piperazine rings is 1. The summed E-state index contributed by atoms with van der Waals surface area (Å²) in [4.78, 5) is 17.0. The van der Waals surface area contributed by atoms with E-state index >= 15 is 0 Å². The van der Waals surface area contributed by atoms with Crippen molar-refractivity contribution in [1.29, 1.82) is 0 Å². The molecule has 25 heavy (non-hydrogen) atoms. The molecule has 0 atom stereocenters. The average Bonchev–Trinajstić information content (AvgIpc) is 2.61. The minimum atomic E-state index is 0.0662. The Kier molecular flexibility index (Phi) is 6.45. The first-order chi connectivity index (χ1) is 12.1. The van der Waals surface area contributed by atoms with Gasteiger partial charge in [-0.15, -0.1) is 0 Å². The molecule has 0 radical (unpaired) electrons. The van der Waals surface area contributed by atoms with Gasteiger partial charge < -0.3 is 5.32 Å². The lowest BCUT2D eigenvalue weighted by Crippen LogP contribution is -2.48. The SMILES string of the molecule is Cc1ccccc1CN1CCN(CC(=O)Nc2ccccc2I)CC1. The highest BCUT2D eigenvalue weighted by atomic mass is 127. The van der Waals surface area contributed by atoms with Crippen molar-refractivity contribution in [3.8, 4) is 0 Å². The Bertz CT molecular complexity index is 726. The molecule has 0 saturated carbocycles. The standard InChI is InChI=1S/C20H24IN3O/c1-16-6-2-3-7-17(16)14-23-10-12-24(13-11-23)15-20(25)22-19-9-5-4-8-18(19)21/h2-9H,10-15H2,1H3,(H,22,25). The molecule has 1 aliphatic rings. The van der Waals surface area contributed by atoms with Crippen LogP contribution >= 0.6 is 22.6 Å². The average molecular weight is 449 g/mol. The lowest BCUT2D eigenvalue weighted by Gasteiger charge is -2.34. The van der Waals surface area contributed by atoms with Gasteiger partial charge in [0.2, 0.25) is 5.91 Å². The van der Waals surface area contributed by atoms with Crippen LogP contribution in [-0.4, -0.2) is 48.4 Å². The van der Waals surface area contributed by atoms with Crippen molar-refractivity contribution < 1.29 is 4.79 Å². The lowest BCUT2D eigenvalue weighted by molar-refractivity contribution is -0.117. The van der Waals surface area contributed by atoms with Gasteiger partial charge in [0.1, 0.15) is 0 Å². The van der Waals surface area contributed by atoms with Crippen molar-refractivity contribution in [1.82, 2.24) is 9.80 Å². The second kappa shape index (κ2) is 8.78. The molecule has 2 aromatic carbocycles. The third-order valence-corrected chi connectivity index (χ3v) is 5.58. The van der Waals surface area contributed by atoms with Crippen molar-refractivity contribution in [2.24, 2.45) is 0 Å². The van der Waals surface area contributed by atoms with Gasteiger partial charge in [-0.25, -0.2) is 0 Å². The van der Waals surface area contributed by atoms with Crippen molar-refractivity contribution >= 4 is 34.2 Å². The van der Waals surface area contributed by atoms with Crippen LogP contribution < -0.4 is 5.32 Å². The number of carbonyl (C=O) groups is 1. The molecular weight excluding hydrogens is 425 g/mol. The highest BCUT2D eigenvalue weighted by molar-refractivity contribution is 14.1. The molecule has 1 saturated heterocycles. The Balaban J connectivity index is 1.45. The van der Waals surface area contributed by atoms with Crippen LogP contribution in [0.5, 0.6) is 0 Å². The molecule has 132 valence electrons. The zero-order valence-electron chi connectivity index (χ0n) is 14.5. The summed E-state index contributed by atoms with van der Waals surface area (Å²) >= 11 is 2.25. The monoisotopic (exact) mass is 449 g/mol. The number of para-hydroxylation sites is 1. The van der Waals surface area contributed by atoms with Crippen LogP contribution in [0.2, 0.25) is 0 Å². The number of nitrogens with one attached hydrogen (secondary N) is 1. The number of nitrogens with zero attached hydrogens (tertiary/aromatic N) is 2. The molecule has 0 aliphatic carbocycles. The van der Waals surface area contributed by atoms with Gasteiger partial charge in [-0.05, 0) is 52.8 Å². The number of carbonyl (C=O) groups excluding carboxylic acids is 1. The van der Waals surface area contributed by atoms with E-state index in [1.807, 2.05) is 24.3 Å². The maximum Gasteiger partial charge on any atom is 0.238 e. The molecule has 0 aromatic heterocycles. The fraction of sp³-hybridized carbons (Fsp3) is 0.350. The van der Waals surface area contributed by atoms with E-state index in [9.17, 15) is 4.79 Å². The highest BCUT2D eigenvalue weighted by Crippen LogP contribution is 2.17. The second-order valence-electron chi connectivity index (χ2n) is 6.51. The summed E-state index contributed by atoms with van der Waals surface area (Å²) in [6.45, 7) is 7.50. The molecule has 2 aromatic rings. The van der Waals surface area contributed by atoms with Gasteiger partial charge in [-0.3, -0.25) is 14.6 Å². The molecule has 0 bridgehead atoms. The molecule has 3 rings (SSSR count). The van der Waals surface area contributed by atoms with Crippen molar-refractivity contribution in [2.45, 2.75) is 13.5 Å². The van der Waals surface area contributed by atoms with Gasteiger partial charge in [-0.1, -0.05) is 36.4 Å². The maximum absolute atomic E-state index is 12.3. The Labute approximate surface area is 163 Å². The van der Waals surface area contributed by atoms with Gasteiger partial charge in [0.15, 0.2) is 0 Å². The van der Waals surface area contributed by atoms with Crippen LogP contribution in [0.3, 0.4) is 0 Å². The molecule has 1 aliphatic heterocycles. The number of rotatable bonds is 5. The van der Waals surface area contributed by atoms with Crippen LogP contribution in [0.25, 0.3) is 0 Å².